The standard InChI is InChI=1S/C34H39O3P.CH4/c1-21(2)25-15-11-16-26(22(3)4)31(25)27-17-12-20-30(32(27)35)38(33-23(5)13-9-18-28(33)36-7)34-24(6)14-10-19-29(34)37-8;/h9-22,35H,1-8H3;1H4. The van der Waals surface area contributed by atoms with E-state index in [1.807, 2.05) is 24.3 Å². The Morgan fingerprint density at radius 1 is 0.641 bits per heavy atom. The average molecular weight is 543 g/mol. The first-order valence-electron chi connectivity index (χ1n) is 13.2. The van der Waals surface area contributed by atoms with Crippen molar-refractivity contribution < 1.29 is 14.6 Å². The van der Waals surface area contributed by atoms with Crippen molar-refractivity contribution in [1.82, 2.24) is 0 Å². The van der Waals surface area contributed by atoms with E-state index in [4.69, 9.17) is 9.47 Å². The summed E-state index contributed by atoms with van der Waals surface area (Å²) in [6, 6.07) is 25.0. The molecular formula is C35H43O3P. The first-order chi connectivity index (χ1) is 18.2. The maximum atomic E-state index is 12.2. The Balaban J connectivity index is 0.00000420. The van der Waals surface area contributed by atoms with Crippen LogP contribution < -0.4 is 25.4 Å². The summed E-state index contributed by atoms with van der Waals surface area (Å²) >= 11 is 0. The molecule has 0 spiro atoms. The van der Waals surface area contributed by atoms with Crippen LogP contribution in [-0.2, 0) is 0 Å². The molecule has 0 radical (unpaired) electrons. The number of methoxy groups -OCH3 is 2. The van der Waals surface area contributed by atoms with Gasteiger partial charge in [-0.1, -0.05) is 95.8 Å². The summed E-state index contributed by atoms with van der Waals surface area (Å²) in [5.41, 5.74) is 6.75. The van der Waals surface area contributed by atoms with Gasteiger partial charge in [0.15, 0.2) is 0 Å². The van der Waals surface area contributed by atoms with Gasteiger partial charge in [-0.05, 0) is 73.6 Å². The van der Waals surface area contributed by atoms with Crippen molar-refractivity contribution in [3.05, 3.63) is 95.1 Å². The van der Waals surface area contributed by atoms with Crippen LogP contribution in [0, 0.1) is 13.8 Å². The number of para-hydroxylation sites is 1. The number of rotatable bonds is 8. The summed E-state index contributed by atoms with van der Waals surface area (Å²) in [6.07, 6.45) is 0. The Morgan fingerprint density at radius 2 is 1.08 bits per heavy atom. The fraction of sp³-hybridized carbons (Fsp3) is 0.314. The van der Waals surface area contributed by atoms with E-state index in [0.29, 0.717) is 17.6 Å². The van der Waals surface area contributed by atoms with Crippen LogP contribution in [0.4, 0.5) is 0 Å². The van der Waals surface area contributed by atoms with Gasteiger partial charge in [-0.3, -0.25) is 0 Å². The number of ether oxygens (including phenoxy) is 2. The smallest absolute Gasteiger partial charge is 0.131 e. The molecular weight excluding hydrogens is 499 g/mol. The highest BCUT2D eigenvalue weighted by Gasteiger charge is 2.30. The van der Waals surface area contributed by atoms with Crippen molar-refractivity contribution >= 4 is 23.8 Å². The van der Waals surface area contributed by atoms with Crippen LogP contribution >= 0.6 is 7.92 Å². The summed E-state index contributed by atoms with van der Waals surface area (Å²) < 4.78 is 11.8. The maximum Gasteiger partial charge on any atom is 0.131 e. The van der Waals surface area contributed by atoms with Gasteiger partial charge in [0.1, 0.15) is 17.2 Å². The fourth-order valence-electron chi connectivity index (χ4n) is 5.29. The Kier molecular flexibility index (Phi) is 9.86. The molecule has 39 heavy (non-hydrogen) atoms. The summed E-state index contributed by atoms with van der Waals surface area (Å²) in [7, 11) is 2.21. The molecule has 0 saturated carbocycles. The molecule has 0 atom stereocenters. The molecule has 0 bridgehead atoms. The van der Waals surface area contributed by atoms with Crippen LogP contribution in [0.2, 0.25) is 0 Å². The Hall–Kier alpha value is -3.29. The lowest BCUT2D eigenvalue weighted by Crippen LogP contribution is -2.27. The zero-order valence-corrected chi connectivity index (χ0v) is 24.7. The zero-order chi connectivity index (χ0) is 27.6. The van der Waals surface area contributed by atoms with E-state index in [-0.39, 0.29) is 7.43 Å². The molecule has 0 fully saturated rings. The second kappa shape index (κ2) is 12.7. The molecule has 0 heterocycles. The van der Waals surface area contributed by atoms with E-state index in [0.717, 1.165) is 49.7 Å². The highest BCUT2D eigenvalue weighted by Crippen LogP contribution is 2.47. The zero-order valence-electron chi connectivity index (χ0n) is 23.8. The van der Waals surface area contributed by atoms with E-state index >= 15 is 0 Å². The third-order valence-electron chi connectivity index (χ3n) is 7.19. The normalized spacial score (nSPS) is 11.2. The molecule has 0 unspecified atom stereocenters. The molecule has 0 aliphatic heterocycles. The number of phenols is 1. The monoisotopic (exact) mass is 542 g/mol. The molecule has 0 aromatic heterocycles. The van der Waals surface area contributed by atoms with Gasteiger partial charge in [0.25, 0.3) is 0 Å². The predicted octanol–water partition coefficient (Wildman–Crippen LogP) is 8.33. The van der Waals surface area contributed by atoms with Crippen LogP contribution in [-0.4, -0.2) is 19.3 Å². The highest BCUT2D eigenvalue weighted by atomic mass is 31.1. The Labute approximate surface area is 236 Å². The van der Waals surface area contributed by atoms with Crippen molar-refractivity contribution in [3.63, 3.8) is 0 Å². The Morgan fingerprint density at radius 3 is 1.51 bits per heavy atom. The first kappa shape index (κ1) is 30.3. The van der Waals surface area contributed by atoms with Crippen molar-refractivity contribution in [2.24, 2.45) is 0 Å². The van der Waals surface area contributed by atoms with Gasteiger partial charge in [-0.25, -0.2) is 0 Å². The van der Waals surface area contributed by atoms with Gasteiger partial charge in [0.05, 0.1) is 14.2 Å². The largest absolute Gasteiger partial charge is 0.507 e. The molecule has 0 amide bonds. The van der Waals surface area contributed by atoms with Crippen molar-refractivity contribution in [2.75, 3.05) is 14.2 Å². The highest BCUT2D eigenvalue weighted by molar-refractivity contribution is 7.80. The number of hydrogen-bond donors (Lipinski definition) is 1. The van der Waals surface area contributed by atoms with E-state index in [1.165, 1.54) is 11.1 Å². The summed E-state index contributed by atoms with van der Waals surface area (Å²) in [6.45, 7) is 13.1. The molecule has 4 heteroatoms. The molecule has 0 aliphatic rings. The summed E-state index contributed by atoms with van der Waals surface area (Å²) in [5.74, 6) is 2.60. The average Bonchev–Trinajstić information content (AvgIpc) is 2.90. The number of aromatic hydroxyl groups is 1. The third kappa shape index (κ3) is 5.70. The van der Waals surface area contributed by atoms with Crippen molar-refractivity contribution in [2.45, 2.75) is 60.8 Å². The lowest BCUT2D eigenvalue weighted by Gasteiger charge is -2.28. The second-order valence-electron chi connectivity index (χ2n) is 10.4. The van der Waals surface area contributed by atoms with Crippen LogP contribution in [0.15, 0.2) is 72.8 Å². The topological polar surface area (TPSA) is 38.7 Å². The number of benzene rings is 4. The van der Waals surface area contributed by atoms with Gasteiger partial charge in [0, 0.05) is 21.5 Å². The Bertz CT molecular complexity index is 1360. The molecule has 3 nitrogen and oxygen atoms in total. The number of hydrogen-bond acceptors (Lipinski definition) is 3. The van der Waals surface area contributed by atoms with Gasteiger partial charge >= 0.3 is 0 Å². The van der Waals surface area contributed by atoms with E-state index < -0.39 is 7.92 Å². The molecule has 4 rings (SSSR count). The van der Waals surface area contributed by atoms with Gasteiger partial charge in [0.2, 0.25) is 0 Å². The fourth-order valence-corrected chi connectivity index (χ4v) is 8.19. The molecule has 1 N–H and O–H groups in total. The first-order valence-corrected chi connectivity index (χ1v) is 14.6. The summed E-state index contributed by atoms with van der Waals surface area (Å²) in [4.78, 5) is 0. The number of phenolic OH excluding ortho intramolecular Hbond substituents is 1. The minimum absolute atomic E-state index is 0. The van der Waals surface area contributed by atoms with Gasteiger partial charge in [-0.2, -0.15) is 0 Å². The van der Waals surface area contributed by atoms with Crippen molar-refractivity contribution in [1.29, 1.82) is 0 Å². The van der Waals surface area contributed by atoms with Crippen LogP contribution in [0.25, 0.3) is 11.1 Å². The van der Waals surface area contributed by atoms with Gasteiger partial charge < -0.3 is 14.6 Å². The molecule has 0 saturated heterocycles. The lowest BCUT2D eigenvalue weighted by atomic mass is 9.85. The molecule has 206 valence electrons. The van der Waals surface area contributed by atoms with Crippen molar-refractivity contribution in [3.8, 4) is 28.4 Å². The minimum Gasteiger partial charge on any atom is -0.507 e. The van der Waals surface area contributed by atoms with Crippen LogP contribution in [0.3, 0.4) is 0 Å². The molecule has 0 aliphatic carbocycles. The molecule has 4 aromatic rings. The van der Waals surface area contributed by atoms with E-state index in [2.05, 4.69) is 90.1 Å². The quantitative estimate of drug-likeness (QED) is 0.228. The van der Waals surface area contributed by atoms with Crippen LogP contribution in [0.1, 0.15) is 69.2 Å². The lowest BCUT2D eigenvalue weighted by molar-refractivity contribution is 0.417. The van der Waals surface area contributed by atoms with E-state index in [9.17, 15) is 5.11 Å². The minimum atomic E-state index is -1.22. The predicted molar refractivity (Wildman–Crippen MR) is 170 cm³/mol. The molecule has 4 aromatic carbocycles. The van der Waals surface area contributed by atoms with Crippen LogP contribution in [0.5, 0.6) is 17.2 Å². The van der Waals surface area contributed by atoms with E-state index in [1.54, 1.807) is 14.2 Å². The second-order valence-corrected chi connectivity index (χ2v) is 12.4. The number of aryl methyl sites for hydroxylation is 2. The van der Waals surface area contributed by atoms with Gasteiger partial charge in [-0.15, -0.1) is 0 Å². The summed E-state index contributed by atoms with van der Waals surface area (Å²) in [5, 5.41) is 15.3. The SMILES string of the molecule is C.COc1cccc(C)c1P(c1cccc(-c2c(C(C)C)cccc2C(C)C)c1O)c1c(C)cccc1OC. The third-order valence-corrected chi connectivity index (χ3v) is 10.1. The maximum absolute atomic E-state index is 12.2.